The number of aromatic hydroxyl groups is 3. The zero-order valence-corrected chi connectivity index (χ0v) is 15.0. The molecule has 24 heavy (non-hydrogen) atoms. The Morgan fingerprint density at radius 1 is 0.958 bits per heavy atom. The van der Waals surface area contributed by atoms with Gasteiger partial charge in [0, 0.05) is 22.4 Å². The van der Waals surface area contributed by atoms with Gasteiger partial charge in [0.05, 0.1) is 16.4 Å². The summed E-state index contributed by atoms with van der Waals surface area (Å²) in [6, 6.07) is 6.48. The molecule has 0 atom stereocenters. The third-order valence-corrected chi connectivity index (χ3v) is 5.27. The van der Waals surface area contributed by atoms with E-state index in [9.17, 15) is 15.3 Å². The number of hydrogen-bond donors (Lipinski definition) is 3. The van der Waals surface area contributed by atoms with Crippen molar-refractivity contribution in [3.8, 4) is 17.2 Å². The minimum Gasteiger partial charge on any atom is -0.506 e. The third-order valence-electron chi connectivity index (χ3n) is 3.87. The van der Waals surface area contributed by atoms with Crippen LogP contribution in [0.3, 0.4) is 0 Å². The lowest BCUT2D eigenvalue weighted by Gasteiger charge is -2.33. The van der Waals surface area contributed by atoms with Gasteiger partial charge in [-0.05, 0) is 45.3 Å². The van der Waals surface area contributed by atoms with Crippen molar-refractivity contribution in [1.29, 1.82) is 0 Å². The van der Waals surface area contributed by atoms with E-state index >= 15 is 0 Å². The molecule has 0 saturated carbocycles. The molecule has 3 N–H and O–H groups in total. The number of fused-ring (bicyclic) bond motifs is 2. The lowest BCUT2D eigenvalue weighted by atomic mass is 10.2. The fourth-order valence-electron chi connectivity index (χ4n) is 2.70. The smallest absolute Gasteiger partial charge is 0.159 e. The molecular formula is C17H19ClN2O3S. The van der Waals surface area contributed by atoms with Crippen molar-refractivity contribution in [2.24, 2.45) is 0 Å². The van der Waals surface area contributed by atoms with Crippen LogP contribution >= 0.6 is 23.4 Å². The average Bonchev–Trinajstić information content (AvgIpc) is 2.50. The summed E-state index contributed by atoms with van der Waals surface area (Å²) in [6.45, 7) is 1.65. The van der Waals surface area contributed by atoms with Crippen molar-refractivity contribution >= 4 is 34.7 Å². The lowest BCUT2D eigenvalue weighted by molar-refractivity contribution is 0.400. The molecule has 0 unspecified atom stereocenters. The van der Waals surface area contributed by atoms with Crippen LogP contribution in [0.25, 0.3) is 0 Å². The fourth-order valence-corrected chi connectivity index (χ4v) is 3.98. The second-order valence-electron chi connectivity index (χ2n) is 5.99. The molecule has 0 spiro atoms. The van der Waals surface area contributed by atoms with E-state index in [1.54, 1.807) is 24.3 Å². The van der Waals surface area contributed by atoms with Gasteiger partial charge in [0.25, 0.3) is 0 Å². The van der Waals surface area contributed by atoms with Gasteiger partial charge in [0.15, 0.2) is 11.5 Å². The summed E-state index contributed by atoms with van der Waals surface area (Å²) in [4.78, 5) is 5.86. The zero-order valence-electron chi connectivity index (χ0n) is 13.5. The first kappa shape index (κ1) is 17.1. The van der Waals surface area contributed by atoms with E-state index in [1.807, 2.05) is 14.1 Å². The van der Waals surface area contributed by atoms with Gasteiger partial charge in [-0.3, -0.25) is 0 Å². The number of benzene rings is 2. The fraction of sp³-hybridized carbons (Fsp3) is 0.294. The maximum Gasteiger partial charge on any atom is 0.159 e. The summed E-state index contributed by atoms with van der Waals surface area (Å²) in [5.41, 5.74) is 1.71. The third kappa shape index (κ3) is 3.22. The van der Waals surface area contributed by atoms with Gasteiger partial charge in [-0.25, -0.2) is 0 Å². The van der Waals surface area contributed by atoms with Gasteiger partial charge >= 0.3 is 0 Å². The number of hydrogen-bond acceptors (Lipinski definition) is 6. The van der Waals surface area contributed by atoms with Crippen LogP contribution in [0.1, 0.15) is 6.42 Å². The van der Waals surface area contributed by atoms with E-state index in [0.29, 0.717) is 5.02 Å². The first-order chi connectivity index (χ1) is 11.4. The molecule has 1 aliphatic heterocycles. The Balaban J connectivity index is 2.05. The summed E-state index contributed by atoms with van der Waals surface area (Å²) < 4.78 is 0. The highest BCUT2D eigenvalue weighted by Crippen LogP contribution is 2.52. The first-order valence-electron chi connectivity index (χ1n) is 7.55. The number of rotatable bonds is 4. The van der Waals surface area contributed by atoms with Crippen molar-refractivity contribution in [3.63, 3.8) is 0 Å². The molecule has 128 valence electrons. The van der Waals surface area contributed by atoms with Crippen molar-refractivity contribution in [3.05, 3.63) is 29.3 Å². The second kappa shape index (κ2) is 6.63. The van der Waals surface area contributed by atoms with E-state index in [0.717, 1.165) is 40.7 Å². The van der Waals surface area contributed by atoms with Crippen LogP contribution in [-0.4, -0.2) is 47.4 Å². The zero-order chi connectivity index (χ0) is 17.4. The maximum absolute atomic E-state index is 9.90. The van der Waals surface area contributed by atoms with Crippen LogP contribution in [0.4, 0.5) is 11.4 Å². The Morgan fingerprint density at radius 3 is 2.21 bits per heavy atom. The quantitative estimate of drug-likeness (QED) is 0.710. The van der Waals surface area contributed by atoms with E-state index in [-0.39, 0.29) is 17.2 Å². The molecular weight excluding hydrogens is 348 g/mol. The normalized spacial score (nSPS) is 13.1. The monoisotopic (exact) mass is 366 g/mol. The van der Waals surface area contributed by atoms with Crippen LogP contribution in [0.2, 0.25) is 5.02 Å². The van der Waals surface area contributed by atoms with Crippen LogP contribution in [0, 0.1) is 0 Å². The largest absolute Gasteiger partial charge is 0.506 e. The number of nitrogens with zero attached hydrogens (tertiary/aromatic N) is 2. The van der Waals surface area contributed by atoms with Crippen LogP contribution < -0.4 is 4.90 Å². The molecule has 0 amide bonds. The molecule has 7 heteroatoms. The molecule has 0 aliphatic carbocycles. The van der Waals surface area contributed by atoms with Gasteiger partial charge < -0.3 is 25.1 Å². The number of anilines is 2. The minimum atomic E-state index is -0.156. The highest BCUT2D eigenvalue weighted by Gasteiger charge is 2.26. The highest BCUT2D eigenvalue weighted by molar-refractivity contribution is 7.99. The number of halogens is 1. The number of phenols is 3. The van der Waals surface area contributed by atoms with Crippen molar-refractivity contribution < 1.29 is 15.3 Å². The van der Waals surface area contributed by atoms with E-state index in [2.05, 4.69) is 9.80 Å². The van der Waals surface area contributed by atoms with Crippen LogP contribution in [0.5, 0.6) is 17.2 Å². The Labute approximate surface area is 150 Å². The van der Waals surface area contributed by atoms with Gasteiger partial charge in [-0.1, -0.05) is 23.4 Å². The summed E-state index contributed by atoms with van der Waals surface area (Å²) in [6.07, 6.45) is 0.913. The molecule has 2 aromatic rings. The van der Waals surface area contributed by atoms with Crippen molar-refractivity contribution in [1.82, 2.24) is 4.90 Å². The molecule has 0 fully saturated rings. The topological polar surface area (TPSA) is 67.2 Å². The van der Waals surface area contributed by atoms with Crippen LogP contribution in [0.15, 0.2) is 34.1 Å². The van der Waals surface area contributed by atoms with E-state index < -0.39 is 0 Å². The Bertz CT molecular complexity index is 725. The predicted octanol–water partition coefficient (Wildman–Crippen LogP) is 4.01. The van der Waals surface area contributed by atoms with Crippen LogP contribution in [-0.2, 0) is 0 Å². The Morgan fingerprint density at radius 2 is 1.54 bits per heavy atom. The second-order valence-corrected chi connectivity index (χ2v) is 7.48. The molecule has 0 saturated heterocycles. The van der Waals surface area contributed by atoms with E-state index in [4.69, 9.17) is 11.6 Å². The first-order valence-corrected chi connectivity index (χ1v) is 8.75. The van der Waals surface area contributed by atoms with Gasteiger partial charge in [-0.2, -0.15) is 0 Å². The van der Waals surface area contributed by atoms with Gasteiger partial charge in [0.1, 0.15) is 5.75 Å². The SMILES string of the molecule is CN(C)CCCN1c2cc(O)c(O)cc2Sc2cc(O)c(Cl)cc21. The summed E-state index contributed by atoms with van der Waals surface area (Å²) in [7, 11) is 4.04. The standard InChI is InChI=1S/C17H19ClN2O3S/c1-19(2)4-3-5-20-11-6-10(18)13(21)8-16(11)24-17-9-15(23)14(22)7-12(17)20/h6-9,21-23H,3-5H2,1-2H3. The lowest BCUT2D eigenvalue weighted by Crippen LogP contribution is -2.25. The highest BCUT2D eigenvalue weighted by atomic mass is 35.5. The predicted molar refractivity (Wildman–Crippen MR) is 97.2 cm³/mol. The number of phenolic OH excluding ortho intramolecular Hbond substituents is 3. The Kier molecular flexibility index (Phi) is 4.71. The Hall–Kier alpha value is -1.76. The van der Waals surface area contributed by atoms with E-state index in [1.165, 1.54) is 11.8 Å². The summed E-state index contributed by atoms with van der Waals surface area (Å²) in [5, 5.41) is 29.9. The molecule has 0 radical (unpaired) electrons. The summed E-state index contributed by atoms with van der Waals surface area (Å²) in [5.74, 6) is -0.279. The molecule has 1 heterocycles. The van der Waals surface area contributed by atoms with Gasteiger partial charge in [0.2, 0.25) is 0 Å². The summed E-state index contributed by atoms with van der Waals surface area (Å²) >= 11 is 7.53. The minimum absolute atomic E-state index is 0.0302. The molecule has 5 nitrogen and oxygen atoms in total. The molecule has 3 rings (SSSR count). The maximum atomic E-state index is 9.90. The van der Waals surface area contributed by atoms with Crippen molar-refractivity contribution in [2.75, 3.05) is 32.1 Å². The average molecular weight is 367 g/mol. The van der Waals surface area contributed by atoms with Crippen molar-refractivity contribution in [2.45, 2.75) is 16.2 Å². The molecule has 2 aromatic carbocycles. The van der Waals surface area contributed by atoms with Gasteiger partial charge in [-0.15, -0.1) is 0 Å². The molecule has 0 aromatic heterocycles. The molecule has 1 aliphatic rings. The molecule has 0 bridgehead atoms.